The van der Waals surface area contributed by atoms with E-state index in [0.717, 1.165) is 11.2 Å². The maximum atomic E-state index is 5.00. The van der Waals surface area contributed by atoms with E-state index >= 15 is 0 Å². The van der Waals surface area contributed by atoms with Gasteiger partial charge in [0.25, 0.3) is 0 Å². The Bertz CT molecular complexity index is 305. The number of aromatic amines is 1. The van der Waals surface area contributed by atoms with E-state index in [9.17, 15) is 0 Å². The van der Waals surface area contributed by atoms with Gasteiger partial charge < -0.3 is 10.3 Å². The van der Waals surface area contributed by atoms with E-state index in [2.05, 4.69) is 16.4 Å². The molecule has 0 aromatic carbocycles. The maximum Gasteiger partial charge on any atom is 0.103 e. The van der Waals surface area contributed by atoms with Gasteiger partial charge in [-0.15, -0.1) is 0 Å². The molecular formula is C10H14N2S. The molecule has 0 radical (unpaired) electrons. The SMILES string of the molecule is S=c1ccc(C2CCCCN2)c[nH]1. The fraction of sp³-hybridized carbons (Fsp3) is 0.500. The summed E-state index contributed by atoms with van der Waals surface area (Å²) >= 11 is 5.00. The molecule has 1 aliphatic heterocycles. The Kier molecular flexibility index (Phi) is 2.76. The number of rotatable bonds is 1. The topological polar surface area (TPSA) is 27.8 Å². The summed E-state index contributed by atoms with van der Waals surface area (Å²) in [6, 6.07) is 4.60. The molecule has 1 atom stereocenters. The van der Waals surface area contributed by atoms with Gasteiger partial charge in [0.1, 0.15) is 4.64 Å². The molecule has 2 nitrogen and oxygen atoms in total. The molecule has 1 aromatic rings. The average Bonchev–Trinajstić information content (AvgIpc) is 2.20. The molecule has 70 valence electrons. The van der Waals surface area contributed by atoms with Crippen molar-refractivity contribution in [2.75, 3.05) is 6.54 Å². The first-order valence-corrected chi connectivity index (χ1v) is 5.19. The number of pyridine rings is 1. The zero-order valence-corrected chi connectivity index (χ0v) is 8.36. The second-order valence-corrected chi connectivity index (χ2v) is 3.93. The van der Waals surface area contributed by atoms with Gasteiger partial charge in [-0.2, -0.15) is 0 Å². The Morgan fingerprint density at radius 3 is 2.85 bits per heavy atom. The van der Waals surface area contributed by atoms with Crippen molar-refractivity contribution in [3.05, 3.63) is 28.5 Å². The second kappa shape index (κ2) is 4.03. The van der Waals surface area contributed by atoms with E-state index in [-0.39, 0.29) is 0 Å². The zero-order valence-electron chi connectivity index (χ0n) is 7.55. The van der Waals surface area contributed by atoms with Gasteiger partial charge in [-0.1, -0.05) is 24.7 Å². The summed E-state index contributed by atoms with van der Waals surface area (Å²) < 4.78 is 0.805. The van der Waals surface area contributed by atoms with Crippen LogP contribution in [0, 0.1) is 4.64 Å². The van der Waals surface area contributed by atoms with Crippen LogP contribution in [0.5, 0.6) is 0 Å². The lowest BCUT2D eigenvalue weighted by Crippen LogP contribution is -2.26. The molecule has 2 heterocycles. The van der Waals surface area contributed by atoms with Gasteiger partial charge in [0.15, 0.2) is 0 Å². The summed E-state index contributed by atoms with van der Waals surface area (Å²) in [5.41, 5.74) is 1.33. The highest BCUT2D eigenvalue weighted by atomic mass is 32.1. The first kappa shape index (κ1) is 8.91. The lowest BCUT2D eigenvalue weighted by Gasteiger charge is -2.23. The number of piperidine rings is 1. The van der Waals surface area contributed by atoms with Crippen molar-refractivity contribution in [1.29, 1.82) is 0 Å². The van der Waals surface area contributed by atoms with Crippen molar-refractivity contribution in [2.45, 2.75) is 25.3 Å². The Balaban J connectivity index is 2.14. The molecule has 2 N–H and O–H groups in total. The Hall–Kier alpha value is -0.670. The molecule has 0 amide bonds. The number of H-pyrrole nitrogens is 1. The van der Waals surface area contributed by atoms with Gasteiger partial charge in [0.05, 0.1) is 0 Å². The van der Waals surface area contributed by atoms with Gasteiger partial charge in [0.2, 0.25) is 0 Å². The van der Waals surface area contributed by atoms with Crippen molar-refractivity contribution >= 4 is 12.2 Å². The van der Waals surface area contributed by atoms with Crippen LogP contribution < -0.4 is 5.32 Å². The van der Waals surface area contributed by atoms with Gasteiger partial charge in [0, 0.05) is 12.2 Å². The average molecular weight is 194 g/mol. The van der Waals surface area contributed by atoms with E-state index in [1.165, 1.54) is 24.8 Å². The minimum atomic E-state index is 0.528. The zero-order chi connectivity index (χ0) is 9.10. The molecule has 1 saturated heterocycles. The normalized spacial score (nSPS) is 22.9. The van der Waals surface area contributed by atoms with Gasteiger partial charge in [-0.25, -0.2) is 0 Å². The lowest BCUT2D eigenvalue weighted by atomic mass is 9.99. The molecule has 0 spiro atoms. The predicted octanol–water partition coefficient (Wildman–Crippen LogP) is 2.56. The van der Waals surface area contributed by atoms with Crippen LogP contribution in [0.2, 0.25) is 0 Å². The Morgan fingerprint density at radius 2 is 2.23 bits per heavy atom. The first-order valence-electron chi connectivity index (χ1n) is 4.78. The third kappa shape index (κ3) is 2.17. The monoisotopic (exact) mass is 194 g/mol. The van der Waals surface area contributed by atoms with Crippen LogP contribution >= 0.6 is 12.2 Å². The van der Waals surface area contributed by atoms with Crippen LogP contribution in [0.4, 0.5) is 0 Å². The Morgan fingerprint density at radius 1 is 1.31 bits per heavy atom. The van der Waals surface area contributed by atoms with Crippen molar-refractivity contribution in [3.8, 4) is 0 Å². The van der Waals surface area contributed by atoms with Crippen LogP contribution in [-0.2, 0) is 0 Å². The molecule has 3 heteroatoms. The fourth-order valence-corrected chi connectivity index (χ4v) is 1.90. The van der Waals surface area contributed by atoms with E-state index in [1.54, 1.807) is 0 Å². The molecular weight excluding hydrogens is 180 g/mol. The summed E-state index contributed by atoms with van der Waals surface area (Å²) in [7, 11) is 0. The van der Waals surface area contributed by atoms with Crippen molar-refractivity contribution in [2.24, 2.45) is 0 Å². The van der Waals surface area contributed by atoms with E-state index in [1.807, 2.05) is 12.3 Å². The van der Waals surface area contributed by atoms with Crippen molar-refractivity contribution in [1.82, 2.24) is 10.3 Å². The first-order chi connectivity index (χ1) is 6.36. The quantitative estimate of drug-likeness (QED) is 0.672. The highest BCUT2D eigenvalue weighted by molar-refractivity contribution is 7.71. The highest BCUT2D eigenvalue weighted by Gasteiger charge is 2.13. The molecule has 1 unspecified atom stereocenters. The van der Waals surface area contributed by atoms with Crippen LogP contribution in [0.1, 0.15) is 30.9 Å². The molecule has 0 saturated carbocycles. The minimum absolute atomic E-state index is 0.528. The van der Waals surface area contributed by atoms with Gasteiger partial charge >= 0.3 is 0 Å². The number of aromatic nitrogens is 1. The van der Waals surface area contributed by atoms with E-state index in [0.29, 0.717) is 6.04 Å². The molecule has 1 aliphatic rings. The molecule has 2 rings (SSSR count). The number of hydrogen-bond acceptors (Lipinski definition) is 2. The lowest BCUT2D eigenvalue weighted by molar-refractivity contribution is 0.411. The molecule has 0 bridgehead atoms. The van der Waals surface area contributed by atoms with Gasteiger partial charge in [-0.3, -0.25) is 0 Å². The summed E-state index contributed by atoms with van der Waals surface area (Å²) in [6.45, 7) is 1.14. The third-order valence-corrected chi connectivity index (χ3v) is 2.77. The van der Waals surface area contributed by atoms with E-state index < -0.39 is 0 Å². The third-order valence-electron chi connectivity index (χ3n) is 2.52. The van der Waals surface area contributed by atoms with Crippen LogP contribution in [0.15, 0.2) is 18.3 Å². The van der Waals surface area contributed by atoms with Crippen molar-refractivity contribution in [3.63, 3.8) is 0 Å². The van der Waals surface area contributed by atoms with Crippen LogP contribution in [0.3, 0.4) is 0 Å². The van der Waals surface area contributed by atoms with Gasteiger partial charge in [-0.05, 0) is 31.0 Å². The molecule has 1 fully saturated rings. The largest absolute Gasteiger partial charge is 0.353 e. The fourth-order valence-electron chi connectivity index (χ4n) is 1.78. The minimum Gasteiger partial charge on any atom is -0.353 e. The number of hydrogen-bond donors (Lipinski definition) is 2. The Labute approximate surface area is 83.4 Å². The van der Waals surface area contributed by atoms with E-state index in [4.69, 9.17) is 12.2 Å². The smallest absolute Gasteiger partial charge is 0.103 e. The summed E-state index contributed by atoms with van der Waals surface area (Å²) in [5, 5.41) is 3.50. The second-order valence-electron chi connectivity index (χ2n) is 3.49. The summed E-state index contributed by atoms with van der Waals surface area (Å²) in [6.07, 6.45) is 5.89. The van der Waals surface area contributed by atoms with Crippen LogP contribution in [-0.4, -0.2) is 11.5 Å². The molecule has 1 aromatic heterocycles. The summed E-state index contributed by atoms with van der Waals surface area (Å²) in [5.74, 6) is 0. The molecule has 0 aliphatic carbocycles. The van der Waals surface area contributed by atoms with Crippen molar-refractivity contribution < 1.29 is 0 Å². The predicted molar refractivity (Wildman–Crippen MR) is 56.2 cm³/mol. The number of nitrogens with one attached hydrogen (secondary N) is 2. The maximum absolute atomic E-state index is 5.00. The highest BCUT2D eigenvalue weighted by Crippen LogP contribution is 2.21. The summed E-state index contributed by atoms with van der Waals surface area (Å²) in [4.78, 5) is 3.07. The van der Waals surface area contributed by atoms with Crippen LogP contribution in [0.25, 0.3) is 0 Å². The standard InChI is InChI=1S/C10H14N2S/c13-10-5-4-8(7-12-10)9-3-1-2-6-11-9/h4-5,7,9,11H,1-3,6H2,(H,12,13). The molecule has 13 heavy (non-hydrogen) atoms.